The van der Waals surface area contributed by atoms with Gasteiger partial charge in [0, 0.05) is 25.3 Å². The van der Waals surface area contributed by atoms with E-state index in [0.717, 1.165) is 11.3 Å². The molecule has 1 aromatic carbocycles. The number of thiophene rings is 1. The number of anilines is 2. The van der Waals surface area contributed by atoms with E-state index in [2.05, 4.69) is 5.32 Å². The maximum absolute atomic E-state index is 14.4. The van der Waals surface area contributed by atoms with Crippen LogP contribution in [0.2, 0.25) is 0 Å². The van der Waals surface area contributed by atoms with Gasteiger partial charge < -0.3 is 10.2 Å². The smallest absolute Gasteiger partial charge is 0.253 e. The Bertz CT molecular complexity index is 945. The summed E-state index contributed by atoms with van der Waals surface area (Å²) in [5.74, 6) is -0.884. The molecule has 0 spiro atoms. The van der Waals surface area contributed by atoms with Crippen molar-refractivity contribution in [2.45, 2.75) is 43.0 Å². The molecule has 0 saturated carbocycles. The lowest BCUT2D eigenvalue weighted by Crippen LogP contribution is -2.42. The van der Waals surface area contributed by atoms with Crippen LogP contribution < -0.4 is 10.2 Å². The summed E-state index contributed by atoms with van der Waals surface area (Å²) in [5, 5.41) is 4.36. The largest absolute Gasteiger partial charge is 0.370 e. The molecule has 1 saturated heterocycles. The van der Waals surface area contributed by atoms with Crippen molar-refractivity contribution in [3.05, 3.63) is 41.5 Å². The second-order valence-electron chi connectivity index (χ2n) is 7.07. The average molecular weight is 426 g/mol. The molecule has 0 radical (unpaired) electrons. The van der Waals surface area contributed by atoms with Crippen molar-refractivity contribution in [1.82, 2.24) is 4.31 Å². The third-order valence-corrected chi connectivity index (χ3v) is 8.22. The lowest BCUT2D eigenvalue weighted by molar-refractivity contribution is -0.119. The molecule has 1 N–H and O–H groups in total. The van der Waals surface area contributed by atoms with E-state index in [1.165, 1.54) is 16.4 Å². The van der Waals surface area contributed by atoms with Crippen molar-refractivity contribution in [1.29, 1.82) is 0 Å². The number of carbonyl (C=O) groups excluding carboxylic acids is 1. The predicted octanol–water partition coefficient (Wildman–Crippen LogP) is 3.52. The van der Waals surface area contributed by atoms with Crippen LogP contribution in [-0.2, 0) is 14.8 Å². The highest BCUT2D eigenvalue weighted by Gasteiger charge is 2.39. The Morgan fingerprint density at radius 3 is 2.71 bits per heavy atom. The molecule has 28 heavy (non-hydrogen) atoms. The third kappa shape index (κ3) is 4.06. The van der Waals surface area contributed by atoms with E-state index in [1.54, 1.807) is 35.5 Å². The summed E-state index contributed by atoms with van der Waals surface area (Å²) < 4.78 is 41.5. The molecule has 1 amide bonds. The molecular formula is C19H24FN3O3S2. The van der Waals surface area contributed by atoms with Gasteiger partial charge in [-0.25, -0.2) is 12.8 Å². The number of nitrogens with one attached hydrogen (secondary N) is 1. The molecule has 152 valence electrons. The zero-order valence-electron chi connectivity index (χ0n) is 16.1. The SMILES string of the molecule is CC(C)N(C)c1ccc(NC(=O)C2CCCN2S(=O)(=O)c2cccs2)cc1F. The van der Waals surface area contributed by atoms with Crippen LogP contribution in [-0.4, -0.2) is 44.3 Å². The first-order valence-corrected chi connectivity index (χ1v) is 11.4. The number of carbonyl (C=O) groups is 1. The van der Waals surface area contributed by atoms with Gasteiger partial charge in [-0.3, -0.25) is 4.79 Å². The Morgan fingerprint density at radius 1 is 1.36 bits per heavy atom. The van der Waals surface area contributed by atoms with Crippen LogP contribution in [0.5, 0.6) is 0 Å². The highest BCUT2D eigenvalue weighted by Crippen LogP contribution is 2.30. The van der Waals surface area contributed by atoms with Gasteiger partial charge in [-0.15, -0.1) is 11.3 Å². The van der Waals surface area contributed by atoms with Crippen LogP contribution >= 0.6 is 11.3 Å². The van der Waals surface area contributed by atoms with Crippen molar-refractivity contribution in [3.8, 4) is 0 Å². The molecule has 0 bridgehead atoms. The summed E-state index contributed by atoms with van der Waals surface area (Å²) in [4.78, 5) is 14.5. The second kappa shape index (κ2) is 8.18. The van der Waals surface area contributed by atoms with Crippen molar-refractivity contribution in [2.75, 3.05) is 23.8 Å². The highest BCUT2D eigenvalue weighted by atomic mass is 32.2. The normalized spacial score (nSPS) is 17.8. The Balaban J connectivity index is 1.76. The average Bonchev–Trinajstić information content (AvgIpc) is 3.33. The fourth-order valence-electron chi connectivity index (χ4n) is 3.19. The van der Waals surface area contributed by atoms with Crippen molar-refractivity contribution in [3.63, 3.8) is 0 Å². The van der Waals surface area contributed by atoms with Gasteiger partial charge in [-0.1, -0.05) is 6.07 Å². The Hall–Kier alpha value is -1.97. The van der Waals surface area contributed by atoms with Crippen LogP contribution in [0.1, 0.15) is 26.7 Å². The van der Waals surface area contributed by atoms with E-state index in [4.69, 9.17) is 0 Å². The third-order valence-electron chi connectivity index (χ3n) is 4.93. The fourth-order valence-corrected chi connectivity index (χ4v) is 5.97. The molecule has 1 unspecified atom stereocenters. The lowest BCUT2D eigenvalue weighted by atomic mass is 10.2. The Kier molecular flexibility index (Phi) is 6.07. The van der Waals surface area contributed by atoms with Gasteiger partial charge in [0.2, 0.25) is 5.91 Å². The number of benzene rings is 1. The summed E-state index contributed by atoms with van der Waals surface area (Å²) >= 11 is 1.13. The molecule has 1 atom stereocenters. The first-order valence-electron chi connectivity index (χ1n) is 9.10. The van der Waals surface area contributed by atoms with Crippen molar-refractivity contribution in [2.24, 2.45) is 0 Å². The molecule has 6 nitrogen and oxygen atoms in total. The first kappa shape index (κ1) is 20.8. The molecule has 0 aliphatic carbocycles. The van der Waals surface area contributed by atoms with Gasteiger partial charge in [0.05, 0.1) is 5.69 Å². The van der Waals surface area contributed by atoms with Crippen molar-refractivity contribution < 1.29 is 17.6 Å². The number of hydrogen-bond acceptors (Lipinski definition) is 5. The molecule has 3 rings (SSSR count). The molecule has 1 fully saturated rings. The van der Waals surface area contributed by atoms with E-state index in [1.807, 2.05) is 13.8 Å². The second-order valence-corrected chi connectivity index (χ2v) is 10.1. The van der Waals surface area contributed by atoms with Crippen LogP contribution in [0.4, 0.5) is 15.8 Å². The van der Waals surface area contributed by atoms with Crippen LogP contribution in [0.15, 0.2) is 39.9 Å². The summed E-state index contributed by atoms with van der Waals surface area (Å²) in [7, 11) is -1.91. The Morgan fingerprint density at radius 2 is 2.11 bits per heavy atom. The predicted molar refractivity (Wildman–Crippen MR) is 110 cm³/mol. The minimum absolute atomic E-state index is 0.129. The van der Waals surface area contributed by atoms with E-state index in [9.17, 15) is 17.6 Å². The van der Waals surface area contributed by atoms with Crippen LogP contribution in [0, 0.1) is 5.82 Å². The first-order chi connectivity index (χ1) is 13.2. The highest BCUT2D eigenvalue weighted by molar-refractivity contribution is 7.91. The van der Waals surface area contributed by atoms with Crippen LogP contribution in [0.3, 0.4) is 0 Å². The maximum Gasteiger partial charge on any atom is 0.253 e. The van der Waals surface area contributed by atoms with E-state index in [-0.39, 0.29) is 10.3 Å². The topological polar surface area (TPSA) is 69.7 Å². The number of nitrogens with zero attached hydrogens (tertiary/aromatic N) is 2. The van der Waals surface area contributed by atoms with Crippen molar-refractivity contribution >= 4 is 38.6 Å². The minimum Gasteiger partial charge on any atom is -0.370 e. The Labute approximate surface area is 169 Å². The number of sulfonamides is 1. The number of amides is 1. The minimum atomic E-state index is -3.71. The molecule has 9 heteroatoms. The molecule has 1 aromatic heterocycles. The maximum atomic E-state index is 14.4. The summed E-state index contributed by atoms with van der Waals surface area (Å²) in [6.45, 7) is 4.21. The van der Waals surface area contributed by atoms with Gasteiger partial charge in [-0.2, -0.15) is 4.31 Å². The quantitative estimate of drug-likeness (QED) is 0.769. The van der Waals surface area contributed by atoms with Gasteiger partial charge in [0.25, 0.3) is 10.0 Å². The molecule has 2 heterocycles. The molecular weight excluding hydrogens is 401 g/mol. The van der Waals surface area contributed by atoms with E-state index >= 15 is 0 Å². The van der Waals surface area contributed by atoms with Gasteiger partial charge in [0.1, 0.15) is 16.1 Å². The fraction of sp³-hybridized carbons (Fsp3) is 0.421. The monoisotopic (exact) mass is 425 g/mol. The number of hydrogen-bond donors (Lipinski definition) is 1. The number of halogens is 1. The number of rotatable bonds is 6. The summed E-state index contributed by atoms with van der Waals surface area (Å²) in [5.41, 5.74) is 0.750. The van der Waals surface area contributed by atoms with E-state index in [0.29, 0.717) is 30.8 Å². The molecule has 2 aromatic rings. The van der Waals surface area contributed by atoms with Gasteiger partial charge in [-0.05, 0) is 56.3 Å². The van der Waals surface area contributed by atoms with Gasteiger partial charge >= 0.3 is 0 Å². The zero-order chi connectivity index (χ0) is 20.5. The lowest BCUT2D eigenvalue weighted by Gasteiger charge is -2.25. The standard InChI is InChI=1S/C19H24FN3O3S2/c1-13(2)22(3)16-9-8-14(12-15(16)20)21-19(24)17-6-4-10-23(17)28(25,26)18-7-5-11-27-18/h5,7-9,11-13,17H,4,6,10H2,1-3H3,(H,21,24). The summed E-state index contributed by atoms with van der Waals surface area (Å²) in [6, 6.07) is 7.03. The molecule has 1 aliphatic rings. The zero-order valence-corrected chi connectivity index (χ0v) is 17.7. The molecule has 1 aliphatic heterocycles. The van der Waals surface area contributed by atoms with E-state index < -0.39 is 27.8 Å². The summed E-state index contributed by atoms with van der Waals surface area (Å²) in [6.07, 6.45) is 1.04. The van der Waals surface area contributed by atoms with Gasteiger partial charge in [0.15, 0.2) is 0 Å². The van der Waals surface area contributed by atoms with Crippen LogP contribution in [0.25, 0.3) is 0 Å².